The fraction of sp³-hybridized carbons (Fsp3) is 0.333. The minimum Gasteiger partial charge on any atom is -0.316 e. The molecular weight excluding hydrogens is 575 g/mol. The normalized spacial score (nSPS) is 16.2. The van der Waals surface area contributed by atoms with E-state index in [1.807, 2.05) is 12.1 Å². The maximum Gasteiger partial charge on any atom is 0.416 e. The van der Waals surface area contributed by atoms with Gasteiger partial charge in [0.05, 0.1) is 18.7 Å². The number of quaternary nitrogens is 1. The molecule has 0 unspecified atom stereocenters. The van der Waals surface area contributed by atoms with E-state index in [-0.39, 0.29) is 0 Å². The van der Waals surface area contributed by atoms with Crippen LogP contribution in [-0.4, -0.2) is 17.6 Å². The summed E-state index contributed by atoms with van der Waals surface area (Å²) < 4.78 is 43.2. The van der Waals surface area contributed by atoms with Crippen LogP contribution >= 0.6 is 0 Å². The summed E-state index contributed by atoms with van der Waals surface area (Å²) in [6.07, 6.45) is 19.7. The third-order valence-electron chi connectivity index (χ3n) is 9.61. The Balaban J connectivity index is 2.03. The van der Waals surface area contributed by atoms with E-state index in [0.29, 0.717) is 5.56 Å². The lowest BCUT2D eigenvalue weighted by Gasteiger charge is -2.39. The van der Waals surface area contributed by atoms with Crippen LogP contribution in [0, 0.1) is 0 Å². The summed E-state index contributed by atoms with van der Waals surface area (Å²) in [5.41, 5.74) is 9.50. The van der Waals surface area contributed by atoms with Gasteiger partial charge in [0, 0.05) is 11.1 Å². The average molecular weight is 623 g/mol. The van der Waals surface area contributed by atoms with Gasteiger partial charge in [-0.2, -0.15) is 13.2 Å². The summed E-state index contributed by atoms with van der Waals surface area (Å²) in [5, 5.41) is 2.09. The smallest absolute Gasteiger partial charge is 0.316 e. The van der Waals surface area contributed by atoms with Gasteiger partial charge >= 0.3 is 6.18 Å². The lowest BCUT2D eigenvalue weighted by Crippen LogP contribution is -2.48. The molecule has 0 atom stereocenters. The number of hydrogen-bond donors (Lipinski definition) is 0. The SMILES string of the molecule is C=C/C=c1/cc(-c2cccc(C(F)(F)F)c2)c2c(/c1=C/C)-c1c3c(cc(/C=C/C)c1C[N+](CCCC)(CCCC)C2)C=CC=CC3. The van der Waals surface area contributed by atoms with Crippen LogP contribution in [0.3, 0.4) is 0 Å². The Morgan fingerprint density at radius 3 is 2.28 bits per heavy atom. The monoisotopic (exact) mass is 622 g/mol. The van der Waals surface area contributed by atoms with Crippen LogP contribution < -0.4 is 10.4 Å². The van der Waals surface area contributed by atoms with Gasteiger partial charge in [-0.1, -0.05) is 100 Å². The molecule has 0 fully saturated rings. The van der Waals surface area contributed by atoms with E-state index in [4.69, 9.17) is 0 Å². The Morgan fingerprint density at radius 1 is 0.891 bits per heavy atom. The quantitative estimate of drug-likeness (QED) is 0.208. The van der Waals surface area contributed by atoms with Gasteiger partial charge in [0.15, 0.2) is 0 Å². The number of unbranched alkanes of at least 4 members (excludes halogenated alkanes) is 2. The van der Waals surface area contributed by atoms with Gasteiger partial charge in [0.25, 0.3) is 0 Å². The number of nitrogens with zero attached hydrogens (tertiary/aromatic N) is 1. The second-order valence-corrected chi connectivity index (χ2v) is 12.7. The highest BCUT2D eigenvalue weighted by Crippen LogP contribution is 2.44. The molecule has 240 valence electrons. The van der Waals surface area contributed by atoms with Gasteiger partial charge in [-0.3, -0.25) is 0 Å². The summed E-state index contributed by atoms with van der Waals surface area (Å²) in [4.78, 5) is 0. The molecule has 0 N–H and O–H groups in total. The number of rotatable bonds is 9. The lowest BCUT2D eigenvalue weighted by atomic mass is 9.82. The minimum atomic E-state index is -4.42. The van der Waals surface area contributed by atoms with Gasteiger partial charge in [0.2, 0.25) is 0 Å². The van der Waals surface area contributed by atoms with Crippen LogP contribution in [-0.2, 0) is 25.7 Å². The number of allylic oxidation sites excluding steroid dienone is 5. The molecule has 0 amide bonds. The molecule has 3 aromatic carbocycles. The van der Waals surface area contributed by atoms with Crippen molar-refractivity contribution in [2.75, 3.05) is 13.1 Å². The van der Waals surface area contributed by atoms with E-state index in [9.17, 15) is 13.2 Å². The van der Waals surface area contributed by atoms with Gasteiger partial charge in [0.1, 0.15) is 13.1 Å². The first-order chi connectivity index (χ1) is 22.2. The molecule has 1 heterocycles. The van der Waals surface area contributed by atoms with Crippen molar-refractivity contribution in [2.24, 2.45) is 0 Å². The third-order valence-corrected chi connectivity index (χ3v) is 9.61. The molecule has 4 heteroatoms. The van der Waals surface area contributed by atoms with E-state index in [1.165, 1.54) is 45.5 Å². The zero-order valence-electron chi connectivity index (χ0n) is 27.8. The first-order valence-electron chi connectivity index (χ1n) is 16.8. The number of halogens is 3. The highest BCUT2D eigenvalue weighted by Gasteiger charge is 2.38. The van der Waals surface area contributed by atoms with Crippen LogP contribution in [0.15, 0.2) is 73.4 Å². The highest BCUT2D eigenvalue weighted by atomic mass is 19.4. The summed E-state index contributed by atoms with van der Waals surface area (Å²) in [7, 11) is 0. The maximum absolute atomic E-state index is 14.1. The van der Waals surface area contributed by atoms with Crippen LogP contribution in [0.2, 0.25) is 0 Å². The molecule has 0 aromatic heterocycles. The molecule has 1 nitrogen and oxygen atoms in total. The first kappa shape index (κ1) is 33.5. The maximum atomic E-state index is 14.1. The van der Waals surface area contributed by atoms with Crippen LogP contribution in [0.4, 0.5) is 13.2 Å². The molecule has 0 bridgehead atoms. The largest absolute Gasteiger partial charge is 0.416 e. The highest BCUT2D eigenvalue weighted by molar-refractivity contribution is 5.88. The molecule has 0 saturated heterocycles. The Hall–Kier alpha value is -3.89. The summed E-state index contributed by atoms with van der Waals surface area (Å²) in [6.45, 7) is 16.4. The van der Waals surface area contributed by atoms with Gasteiger partial charge in [-0.15, -0.1) is 0 Å². The number of benzene rings is 3. The Kier molecular flexibility index (Phi) is 10.4. The van der Waals surface area contributed by atoms with Crippen molar-refractivity contribution >= 4 is 24.3 Å². The zero-order chi connectivity index (χ0) is 32.9. The predicted octanol–water partition coefficient (Wildman–Crippen LogP) is 10.4. The topological polar surface area (TPSA) is 0 Å². The fourth-order valence-electron chi connectivity index (χ4n) is 7.46. The van der Waals surface area contributed by atoms with Crippen molar-refractivity contribution in [1.82, 2.24) is 0 Å². The molecule has 0 spiro atoms. The van der Waals surface area contributed by atoms with Crippen molar-refractivity contribution in [3.05, 3.63) is 117 Å². The Morgan fingerprint density at radius 2 is 1.63 bits per heavy atom. The van der Waals surface area contributed by atoms with Crippen molar-refractivity contribution in [3.8, 4) is 22.3 Å². The van der Waals surface area contributed by atoms with E-state index in [1.54, 1.807) is 12.1 Å². The van der Waals surface area contributed by atoms with Gasteiger partial charge in [-0.25, -0.2) is 0 Å². The predicted molar refractivity (Wildman–Crippen MR) is 190 cm³/mol. The van der Waals surface area contributed by atoms with Crippen molar-refractivity contribution < 1.29 is 17.7 Å². The fourth-order valence-corrected chi connectivity index (χ4v) is 7.46. The third kappa shape index (κ3) is 6.64. The Labute approximate surface area is 273 Å². The Bertz CT molecular complexity index is 1810. The molecule has 1 aliphatic heterocycles. The zero-order valence-corrected chi connectivity index (χ0v) is 27.8. The second-order valence-electron chi connectivity index (χ2n) is 12.7. The standard InChI is InChI=1S/C42H47F3N/c1-6-11-23-46(24-12-7-2)28-38-30(17-8-3)25-32-19-14-13-15-22-36(32)41(38)40-35(10-5)31(18-9-4)27-37(39(40)29-46)33-20-16-21-34(26-33)42(43,44)45/h8-10,13-21,25-27H,4,6-7,11-12,22-24,28-29H2,1-3,5H3/q+1/b17-8+,31-18-,35-10+. The average Bonchev–Trinajstić information content (AvgIpc) is 3.36. The summed E-state index contributed by atoms with van der Waals surface area (Å²) in [6, 6.07) is 10.4. The van der Waals surface area contributed by atoms with Gasteiger partial charge in [-0.05, 0) is 107 Å². The minimum absolute atomic E-state index is 0.607. The van der Waals surface area contributed by atoms with Crippen molar-refractivity contribution in [1.29, 1.82) is 0 Å². The molecule has 3 aromatic rings. The molecule has 5 rings (SSSR count). The first-order valence-corrected chi connectivity index (χ1v) is 16.8. The van der Waals surface area contributed by atoms with E-state index in [0.717, 1.165) is 84.3 Å². The molecule has 0 saturated carbocycles. The van der Waals surface area contributed by atoms with Crippen molar-refractivity contribution in [3.63, 3.8) is 0 Å². The van der Waals surface area contributed by atoms with E-state index >= 15 is 0 Å². The summed E-state index contributed by atoms with van der Waals surface area (Å²) in [5.74, 6) is 0. The van der Waals surface area contributed by atoms with Crippen LogP contribution in [0.1, 0.15) is 86.8 Å². The van der Waals surface area contributed by atoms with Crippen molar-refractivity contribution in [2.45, 2.75) is 79.1 Å². The molecular formula is C42H47F3N+. The molecule has 2 aliphatic rings. The number of hydrogen-bond acceptors (Lipinski definition) is 0. The number of fused-ring (bicyclic) bond motifs is 5. The summed E-state index contributed by atoms with van der Waals surface area (Å²) >= 11 is 0. The molecule has 0 radical (unpaired) electrons. The number of alkyl halides is 3. The van der Waals surface area contributed by atoms with Crippen LogP contribution in [0.25, 0.3) is 46.6 Å². The van der Waals surface area contributed by atoms with Crippen LogP contribution in [0.5, 0.6) is 0 Å². The lowest BCUT2D eigenvalue weighted by molar-refractivity contribution is -0.953. The van der Waals surface area contributed by atoms with E-state index in [2.05, 4.69) is 88.9 Å². The molecule has 46 heavy (non-hydrogen) atoms. The molecule has 1 aliphatic carbocycles. The van der Waals surface area contributed by atoms with Gasteiger partial charge < -0.3 is 4.48 Å². The van der Waals surface area contributed by atoms with E-state index < -0.39 is 11.7 Å². The second kappa shape index (κ2) is 14.3.